The fraction of sp³-hybridized carbons (Fsp3) is 0.579. The lowest BCUT2D eigenvalue weighted by Crippen LogP contribution is -2.40. The van der Waals surface area contributed by atoms with Gasteiger partial charge in [-0.1, -0.05) is 0 Å². The van der Waals surface area contributed by atoms with Crippen molar-refractivity contribution < 1.29 is 4.79 Å². The third-order valence-electron chi connectivity index (χ3n) is 4.83. The fourth-order valence-electron chi connectivity index (χ4n) is 3.46. The summed E-state index contributed by atoms with van der Waals surface area (Å²) >= 11 is 0. The van der Waals surface area contributed by atoms with E-state index in [4.69, 9.17) is 0 Å². The van der Waals surface area contributed by atoms with E-state index in [0.29, 0.717) is 12.2 Å². The molecule has 0 bridgehead atoms. The van der Waals surface area contributed by atoms with Crippen molar-refractivity contribution in [2.24, 2.45) is 0 Å². The molecule has 0 N–H and O–H groups in total. The first-order valence-corrected chi connectivity index (χ1v) is 9.28. The first kappa shape index (κ1) is 18.5. The van der Waals surface area contributed by atoms with Gasteiger partial charge in [0, 0.05) is 44.1 Å². The minimum absolute atomic E-state index is 0.0343. The van der Waals surface area contributed by atoms with E-state index >= 15 is 0 Å². The lowest BCUT2D eigenvalue weighted by atomic mass is 9.96. The Balaban J connectivity index is 1.66. The molecule has 2 aromatic rings. The molecule has 0 saturated carbocycles. The standard InChI is InChI=1S/C19H28N6O/c1-15-12-22-17(13-21-15)19(26)25-9-4-6-16(14-25)18-20-7-11-24(18)10-5-8-23(2)3/h7,11-13,16H,4-6,8-10,14H2,1-3H3. The number of hydrogen-bond acceptors (Lipinski definition) is 5. The van der Waals surface area contributed by atoms with Gasteiger partial charge in [0.1, 0.15) is 11.5 Å². The summed E-state index contributed by atoms with van der Waals surface area (Å²) in [5, 5.41) is 0. The molecular weight excluding hydrogens is 328 g/mol. The van der Waals surface area contributed by atoms with Gasteiger partial charge in [-0.05, 0) is 46.8 Å². The van der Waals surface area contributed by atoms with Gasteiger partial charge in [0.15, 0.2) is 0 Å². The molecule has 0 spiro atoms. The summed E-state index contributed by atoms with van der Waals surface area (Å²) in [6.45, 7) is 5.35. The largest absolute Gasteiger partial charge is 0.337 e. The quantitative estimate of drug-likeness (QED) is 0.791. The van der Waals surface area contributed by atoms with E-state index < -0.39 is 0 Å². The molecule has 3 rings (SSSR count). The van der Waals surface area contributed by atoms with Gasteiger partial charge in [0.05, 0.1) is 11.9 Å². The Kier molecular flexibility index (Phi) is 5.98. The van der Waals surface area contributed by atoms with E-state index in [-0.39, 0.29) is 11.8 Å². The van der Waals surface area contributed by atoms with E-state index in [1.54, 1.807) is 12.4 Å². The van der Waals surface area contributed by atoms with Crippen molar-refractivity contribution in [1.82, 2.24) is 29.3 Å². The minimum Gasteiger partial charge on any atom is -0.337 e. The van der Waals surface area contributed by atoms with Gasteiger partial charge < -0.3 is 14.4 Å². The molecular formula is C19H28N6O. The topological polar surface area (TPSA) is 67.2 Å². The van der Waals surface area contributed by atoms with Gasteiger partial charge in [0.25, 0.3) is 5.91 Å². The molecule has 0 aliphatic carbocycles. The Bertz CT molecular complexity index is 724. The van der Waals surface area contributed by atoms with Crippen LogP contribution in [0, 0.1) is 6.92 Å². The molecule has 1 aliphatic rings. The summed E-state index contributed by atoms with van der Waals surface area (Å²) in [6.07, 6.45) is 10.3. The molecule has 3 heterocycles. The molecule has 7 nitrogen and oxygen atoms in total. The number of aromatic nitrogens is 4. The van der Waals surface area contributed by atoms with Crippen LogP contribution in [0.5, 0.6) is 0 Å². The summed E-state index contributed by atoms with van der Waals surface area (Å²) in [5.74, 6) is 1.34. The number of nitrogens with zero attached hydrogens (tertiary/aromatic N) is 6. The van der Waals surface area contributed by atoms with Crippen LogP contribution in [0.1, 0.15) is 47.2 Å². The molecule has 1 aliphatic heterocycles. The Hall–Kier alpha value is -2.28. The first-order valence-electron chi connectivity index (χ1n) is 9.28. The molecule has 1 saturated heterocycles. The van der Waals surface area contributed by atoms with Crippen LogP contribution in [-0.4, -0.2) is 69.0 Å². The number of hydrogen-bond donors (Lipinski definition) is 0. The van der Waals surface area contributed by atoms with Crippen LogP contribution in [0.2, 0.25) is 0 Å². The second-order valence-electron chi connectivity index (χ2n) is 7.27. The van der Waals surface area contributed by atoms with Gasteiger partial charge in [-0.15, -0.1) is 0 Å². The van der Waals surface area contributed by atoms with Crippen LogP contribution < -0.4 is 0 Å². The first-order chi connectivity index (χ1) is 12.5. The van der Waals surface area contributed by atoms with Crippen molar-refractivity contribution >= 4 is 5.91 Å². The molecule has 0 aromatic carbocycles. The lowest BCUT2D eigenvalue weighted by Gasteiger charge is -2.32. The van der Waals surface area contributed by atoms with Crippen molar-refractivity contribution in [1.29, 1.82) is 0 Å². The number of piperidine rings is 1. The second kappa shape index (κ2) is 8.40. The van der Waals surface area contributed by atoms with E-state index in [1.165, 1.54) is 0 Å². The average Bonchev–Trinajstić information content (AvgIpc) is 3.10. The molecule has 26 heavy (non-hydrogen) atoms. The highest BCUT2D eigenvalue weighted by molar-refractivity contribution is 5.92. The average molecular weight is 356 g/mol. The maximum Gasteiger partial charge on any atom is 0.274 e. The zero-order valence-electron chi connectivity index (χ0n) is 15.9. The van der Waals surface area contributed by atoms with Crippen LogP contribution in [0.3, 0.4) is 0 Å². The predicted molar refractivity (Wildman–Crippen MR) is 100 cm³/mol. The van der Waals surface area contributed by atoms with Gasteiger partial charge in [-0.2, -0.15) is 0 Å². The molecule has 2 aromatic heterocycles. The number of imidazole rings is 1. The van der Waals surface area contributed by atoms with E-state index in [1.807, 2.05) is 18.0 Å². The van der Waals surface area contributed by atoms with E-state index in [9.17, 15) is 4.79 Å². The van der Waals surface area contributed by atoms with Crippen LogP contribution in [0.25, 0.3) is 0 Å². The highest BCUT2D eigenvalue weighted by Crippen LogP contribution is 2.26. The van der Waals surface area contributed by atoms with Crippen molar-refractivity contribution in [3.63, 3.8) is 0 Å². The number of likely N-dealkylation sites (tertiary alicyclic amines) is 1. The molecule has 7 heteroatoms. The second-order valence-corrected chi connectivity index (χ2v) is 7.27. The number of carbonyl (C=O) groups excluding carboxylic acids is 1. The highest BCUT2D eigenvalue weighted by atomic mass is 16.2. The van der Waals surface area contributed by atoms with Gasteiger partial charge in [0.2, 0.25) is 0 Å². The third kappa shape index (κ3) is 4.46. The van der Waals surface area contributed by atoms with Crippen LogP contribution in [-0.2, 0) is 6.54 Å². The monoisotopic (exact) mass is 356 g/mol. The SMILES string of the molecule is Cc1cnc(C(=O)N2CCCC(c3nccn3CCCN(C)C)C2)cn1. The van der Waals surface area contributed by atoms with E-state index in [0.717, 1.165) is 50.4 Å². The third-order valence-corrected chi connectivity index (χ3v) is 4.83. The molecule has 140 valence electrons. The van der Waals surface area contributed by atoms with Crippen LogP contribution in [0.4, 0.5) is 0 Å². The zero-order valence-corrected chi connectivity index (χ0v) is 15.9. The Morgan fingerprint density at radius 1 is 1.27 bits per heavy atom. The van der Waals surface area contributed by atoms with E-state index in [2.05, 4.69) is 44.7 Å². The van der Waals surface area contributed by atoms with Gasteiger partial charge >= 0.3 is 0 Å². The fourth-order valence-corrected chi connectivity index (χ4v) is 3.46. The number of amides is 1. The highest BCUT2D eigenvalue weighted by Gasteiger charge is 2.28. The summed E-state index contributed by atoms with van der Waals surface area (Å²) < 4.78 is 2.24. The van der Waals surface area contributed by atoms with Gasteiger partial charge in [-0.3, -0.25) is 9.78 Å². The molecule has 1 atom stereocenters. The van der Waals surface area contributed by atoms with Crippen molar-refractivity contribution in [2.75, 3.05) is 33.7 Å². The molecule has 1 amide bonds. The number of aryl methyl sites for hydroxylation is 2. The zero-order chi connectivity index (χ0) is 18.5. The predicted octanol–water partition coefficient (Wildman–Crippen LogP) is 1.95. The maximum absolute atomic E-state index is 12.7. The van der Waals surface area contributed by atoms with Crippen molar-refractivity contribution in [3.05, 3.63) is 42.0 Å². The maximum atomic E-state index is 12.7. The van der Waals surface area contributed by atoms with Crippen LogP contribution in [0.15, 0.2) is 24.8 Å². The molecule has 0 radical (unpaired) electrons. The Morgan fingerprint density at radius 3 is 2.85 bits per heavy atom. The summed E-state index contributed by atoms with van der Waals surface area (Å²) in [7, 11) is 4.18. The Labute approximate surface area is 155 Å². The Morgan fingerprint density at radius 2 is 2.12 bits per heavy atom. The summed E-state index contributed by atoms with van der Waals surface area (Å²) in [5.41, 5.74) is 1.24. The number of rotatable bonds is 6. The molecule has 1 fully saturated rings. The normalized spacial score (nSPS) is 17.7. The lowest BCUT2D eigenvalue weighted by molar-refractivity contribution is 0.0696. The summed E-state index contributed by atoms with van der Waals surface area (Å²) in [6, 6.07) is 0. The summed E-state index contributed by atoms with van der Waals surface area (Å²) in [4.78, 5) is 29.9. The molecule has 1 unspecified atom stereocenters. The van der Waals surface area contributed by atoms with Crippen molar-refractivity contribution in [3.8, 4) is 0 Å². The van der Waals surface area contributed by atoms with Gasteiger partial charge in [-0.25, -0.2) is 9.97 Å². The van der Waals surface area contributed by atoms with Crippen molar-refractivity contribution in [2.45, 2.75) is 38.6 Å². The number of carbonyl (C=O) groups is 1. The smallest absolute Gasteiger partial charge is 0.274 e. The minimum atomic E-state index is -0.0343. The van der Waals surface area contributed by atoms with Crippen LogP contribution >= 0.6 is 0 Å².